The Morgan fingerprint density at radius 3 is 2.06 bits per heavy atom. The van der Waals surface area contributed by atoms with Crippen LogP contribution in [0.15, 0.2) is 66.7 Å². The molecule has 0 aliphatic rings. The zero-order valence-electron chi connectivity index (χ0n) is 18.9. The molecule has 184 valence electrons. The van der Waals surface area contributed by atoms with E-state index < -0.39 is 23.6 Å². The van der Waals surface area contributed by atoms with Crippen LogP contribution in [-0.4, -0.2) is 32.1 Å². The van der Waals surface area contributed by atoms with E-state index in [0.29, 0.717) is 18.0 Å². The second-order valence-electron chi connectivity index (χ2n) is 7.19. The van der Waals surface area contributed by atoms with E-state index in [1.54, 1.807) is 24.3 Å². The average Bonchev–Trinajstić information content (AvgIpc) is 2.83. The summed E-state index contributed by atoms with van der Waals surface area (Å²) in [5.74, 6) is 0.177. The van der Waals surface area contributed by atoms with Gasteiger partial charge in [0.15, 0.2) is 18.1 Å². The molecule has 35 heavy (non-hydrogen) atoms. The first kappa shape index (κ1) is 25.4. The molecule has 3 rings (SSSR count). The predicted molar refractivity (Wildman–Crippen MR) is 124 cm³/mol. The Kier molecular flexibility index (Phi) is 8.19. The molecule has 0 atom stereocenters. The third-order valence-corrected chi connectivity index (χ3v) is 4.70. The van der Waals surface area contributed by atoms with Gasteiger partial charge in [-0.25, -0.2) is 0 Å². The summed E-state index contributed by atoms with van der Waals surface area (Å²) in [5.41, 5.74) is 0.149. The monoisotopic (exact) mass is 488 g/mol. The molecule has 0 radical (unpaired) electrons. The molecule has 0 aliphatic carbocycles. The minimum atomic E-state index is -4.46. The van der Waals surface area contributed by atoms with Gasteiger partial charge in [0.25, 0.3) is 11.8 Å². The molecule has 7 nitrogen and oxygen atoms in total. The van der Waals surface area contributed by atoms with Crippen LogP contribution >= 0.6 is 0 Å². The summed E-state index contributed by atoms with van der Waals surface area (Å²) in [6, 6.07) is 15.3. The van der Waals surface area contributed by atoms with Gasteiger partial charge < -0.3 is 24.8 Å². The molecular weight excluding hydrogens is 465 g/mol. The van der Waals surface area contributed by atoms with Crippen molar-refractivity contribution in [2.45, 2.75) is 13.1 Å². The summed E-state index contributed by atoms with van der Waals surface area (Å²) in [7, 11) is 1.37. The fourth-order valence-corrected chi connectivity index (χ4v) is 3.02. The van der Waals surface area contributed by atoms with Crippen LogP contribution in [-0.2, 0) is 11.0 Å². The van der Waals surface area contributed by atoms with Crippen LogP contribution in [0.1, 0.15) is 22.8 Å². The summed E-state index contributed by atoms with van der Waals surface area (Å²) in [4.78, 5) is 24.7. The molecule has 0 fully saturated rings. The van der Waals surface area contributed by atoms with Crippen molar-refractivity contribution in [3.05, 3.63) is 77.9 Å². The molecule has 0 aromatic heterocycles. The fourth-order valence-electron chi connectivity index (χ4n) is 3.02. The normalized spacial score (nSPS) is 10.9. The highest BCUT2D eigenvalue weighted by Gasteiger charge is 2.30. The third kappa shape index (κ3) is 7.13. The molecule has 3 aromatic rings. The zero-order valence-corrected chi connectivity index (χ0v) is 18.9. The second-order valence-corrected chi connectivity index (χ2v) is 7.19. The van der Waals surface area contributed by atoms with E-state index in [1.165, 1.54) is 37.4 Å². The number of ether oxygens (including phenoxy) is 3. The number of hydrogen-bond donors (Lipinski definition) is 2. The lowest BCUT2D eigenvalue weighted by atomic mass is 10.1. The number of carbonyl (C=O) groups excluding carboxylic acids is 2. The molecular formula is C25H23F3N2O5. The van der Waals surface area contributed by atoms with Crippen LogP contribution in [0.4, 0.5) is 24.5 Å². The van der Waals surface area contributed by atoms with Crippen molar-refractivity contribution >= 4 is 23.2 Å². The number of carbonyl (C=O) groups is 2. The third-order valence-electron chi connectivity index (χ3n) is 4.70. The lowest BCUT2D eigenvalue weighted by Crippen LogP contribution is -2.20. The average molecular weight is 488 g/mol. The van der Waals surface area contributed by atoms with Gasteiger partial charge in [0.05, 0.1) is 19.3 Å². The summed E-state index contributed by atoms with van der Waals surface area (Å²) in [5, 5.41) is 5.22. The Morgan fingerprint density at radius 2 is 1.46 bits per heavy atom. The lowest BCUT2D eigenvalue weighted by molar-refractivity contribution is -0.137. The van der Waals surface area contributed by atoms with E-state index in [4.69, 9.17) is 14.2 Å². The molecule has 0 aliphatic heterocycles. The first-order chi connectivity index (χ1) is 16.7. The molecule has 3 aromatic carbocycles. The molecule has 0 saturated carbocycles. The highest BCUT2D eigenvalue weighted by molar-refractivity contribution is 6.04. The highest BCUT2D eigenvalue weighted by Crippen LogP contribution is 2.31. The number of halogens is 3. The van der Waals surface area contributed by atoms with E-state index in [-0.39, 0.29) is 29.4 Å². The maximum absolute atomic E-state index is 12.7. The van der Waals surface area contributed by atoms with E-state index in [9.17, 15) is 22.8 Å². The number of methoxy groups -OCH3 is 1. The van der Waals surface area contributed by atoms with Crippen LogP contribution in [0, 0.1) is 0 Å². The molecule has 0 saturated heterocycles. The topological polar surface area (TPSA) is 85.9 Å². The van der Waals surface area contributed by atoms with Crippen LogP contribution < -0.4 is 24.8 Å². The number of nitrogens with one attached hydrogen (secondary N) is 2. The van der Waals surface area contributed by atoms with Gasteiger partial charge in [-0.2, -0.15) is 13.2 Å². The minimum absolute atomic E-state index is 0.188. The van der Waals surface area contributed by atoms with Gasteiger partial charge in [0, 0.05) is 16.9 Å². The standard InChI is InChI=1S/C25H23F3N2O5/c1-3-34-20-11-9-18(10-12-20)29-23(31)15-35-21-13-4-16(14-22(21)33-2)24(32)30-19-7-5-17(6-8-19)25(26,27)28/h4-14H,3,15H2,1-2H3,(H,29,31)(H,30,32). The number of rotatable bonds is 9. The molecule has 2 amide bonds. The maximum atomic E-state index is 12.7. The number of amides is 2. The Bertz CT molecular complexity index is 1160. The van der Waals surface area contributed by atoms with Gasteiger partial charge in [0.2, 0.25) is 0 Å². The van der Waals surface area contributed by atoms with Crippen molar-refractivity contribution in [1.82, 2.24) is 0 Å². The van der Waals surface area contributed by atoms with Crippen LogP contribution in [0.25, 0.3) is 0 Å². The van der Waals surface area contributed by atoms with Crippen LogP contribution in [0.3, 0.4) is 0 Å². The van der Waals surface area contributed by atoms with E-state index >= 15 is 0 Å². The molecule has 0 spiro atoms. The Labute approximate surface area is 199 Å². The van der Waals surface area contributed by atoms with Crippen molar-refractivity contribution in [3.8, 4) is 17.2 Å². The number of benzene rings is 3. The number of anilines is 2. The summed E-state index contributed by atoms with van der Waals surface area (Å²) < 4.78 is 54.2. The predicted octanol–water partition coefficient (Wildman–Crippen LogP) is 5.38. The zero-order chi connectivity index (χ0) is 25.4. The quantitative estimate of drug-likeness (QED) is 0.422. The van der Waals surface area contributed by atoms with Gasteiger partial charge in [-0.15, -0.1) is 0 Å². The summed E-state index contributed by atoms with van der Waals surface area (Å²) in [6.45, 7) is 2.11. The van der Waals surface area contributed by atoms with Crippen LogP contribution in [0.2, 0.25) is 0 Å². The molecule has 10 heteroatoms. The van der Waals surface area contributed by atoms with E-state index in [0.717, 1.165) is 12.1 Å². The van der Waals surface area contributed by atoms with Gasteiger partial charge in [-0.1, -0.05) is 0 Å². The maximum Gasteiger partial charge on any atom is 0.416 e. The summed E-state index contributed by atoms with van der Waals surface area (Å²) >= 11 is 0. The first-order valence-electron chi connectivity index (χ1n) is 10.5. The van der Waals surface area contributed by atoms with Crippen molar-refractivity contribution in [2.24, 2.45) is 0 Å². The van der Waals surface area contributed by atoms with Gasteiger partial charge in [0.1, 0.15) is 5.75 Å². The number of alkyl halides is 3. The van der Waals surface area contributed by atoms with Gasteiger partial charge in [-0.3, -0.25) is 9.59 Å². The molecule has 0 heterocycles. The van der Waals surface area contributed by atoms with Crippen molar-refractivity contribution < 1.29 is 37.0 Å². The highest BCUT2D eigenvalue weighted by atomic mass is 19.4. The first-order valence-corrected chi connectivity index (χ1v) is 10.5. The fraction of sp³-hybridized carbons (Fsp3) is 0.200. The Morgan fingerprint density at radius 1 is 0.829 bits per heavy atom. The second kappa shape index (κ2) is 11.3. The van der Waals surface area contributed by atoms with Crippen molar-refractivity contribution in [3.63, 3.8) is 0 Å². The lowest BCUT2D eigenvalue weighted by Gasteiger charge is -2.13. The molecule has 2 N–H and O–H groups in total. The van der Waals surface area contributed by atoms with Gasteiger partial charge in [-0.05, 0) is 73.7 Å². The minimum Gasteiger partial charge on any atom is -0.494 e. The SMILES string of the molecule is CCOc1ccc(NC(=O)COc2ccc(C(=O)Nc3ccc(C(F)(F)F)cc3)cc2OC)cc1. The largest absolute Gasteiger partial charge is 0.494 e. The van der Waals surface area contributed by atoms with Gasteiger partial charge >= 0.3 is 6.18 Å². The van der Waals surface area contributed by atoms with E-state index in [1.807, 2.05) is 6.92 Å². The van der Waals surface area contributed by atoms with Crippen molar-refractivity contribution in [2.75, 3.05) is 31.0 Å². The summed E-state index contributed by atoms with van der Waals surface area (Å²) in [6.07, 6.45) is -4.46. The van der Waals surface area contributed by atoms with Crippen LogP contribution in [0.5, 0.6) is 17.2 Å². The Balaban J connectivity index is 1.59. The molecule has 0 unspecified atom stereocenters. The smallest absolute Gasteiger partial charge is 0.416 e. The Hall–Kier alpha value is -4.21. The van der Waals surface area contributed by atoms with E-state index in [2.05, 4.69) is 10.6 Å². The number of hydrogen-bond acceptors (Lipinski definition) is 5. The molecule has 0 bridgehead atoms. The van der Waals surface area contributed by atoms with Crippen molar-refractivity contribution in [1.29, 1.82) is 0 Å².